The molecule has 0 radical (unpaired) electrons. The number of aromatic nitrogens is 1. The Morgan fingerprint density at radius 2 is 2.36 bits per heavy atom. The number of nitrogens with zero attached hydrogens (tertiary/aromatic N) is 1. The lowest BCUT2D eigenvalue weighted by molar-refractivity contribution is -0.119. The van der Waals surface area contributed by atoms with E-state index in [-0.39, 0.29) is 11.8 Å². The van der Waals surface area contributed by atoms with Crippen molar-refractivity contribution in [3.05, 3.63) is 23.5 Å². The Morgan fingerprint density at radius 3 is 2.86 bits per heavy atom. The minimum absolute atomic E-state index is 0.0108. The molecule has 0 fully saturated rings. The van der Waals surface area contributed by atoms with Crippen molar-refractivity contribution in [2.24, 2.45) is 5.92 Å². The van der Waals surface area contributed by atoms with Crippen LogP contribution in [0.1, 0.15) is 20.3 Å². The number of anilines is 1. The fourth-order valence-corrected chi connectivity index (χ4v) is 1.01. The highest BCUT2D eigenvalue weighted by Crippen LogP contribution is 2.11. The van der Waals surface area contributed by atoms with Gasteiger partial charge in [-0.2, -0.15) is 0 Å². The van der Waals surface area contributed by atoms with Crippen LogP contribution in [0.15, 0.2) is 18.3 Å². The van der Waals surface area contributed by atoms with Gasteiger partial charge in [0.1, 0.15) is 5.15 Å². The lowest BCUT2D eigenvalue weighted by atomic mass is 10.1. The van der Waals surface area contributed by atoms with E-state index < -0.39 is 0 Å². The largest absolute Gasteiger partial charge is 0.324 e. The summed E-state index contributed by atoms with van der Waals surface area (Å²) in [5.74, 6) is 0.0299. The van der Waals surface area contributed by atoms with E-state index in [2.05, 4.69) is 10.3 Å². The van der Waals surface area contributed by atoms with Gasteiger partial charge in [0.2, 0.25) is 5.91 Å². The molecule has 0 aliphatic heterocycles. The van der Waals surface area contributed by atoms with Crippen molar-refractivity contribution in [3.8, 4) is 0 Å². The third-order valence-electron chi connectivity index (χ3n) is 2.05. The standard InChI is InChI=1S/C10H13ClN2O/c1-3-7(2)10(14)13-8-4-5-9(11)12-6-8/h4-7H,3H2,1-2H3,(H,13,14). The highest BCUT2D eigenvalue weighted by atomic mass is 35.5. The van der Waals surface area contributed by atoms with Gasteiger partial charge in [0.25, 0.3) is 0 Å². The first kappa shape index (κ1) is 11.0. The molecule has 0 saturated heterocycles. The first-order chi connectivity index (χ1) is 6.63. The van der Waals surface area contributed by atoms with Gasteiger partial charge < -0.3 is 5.32 Å². The van der Waals surface area contributed by atoms with Gasteiger partial charge in [-0.15, -0.1) is 0 Å². The summed E-state index contributed by atoms with van der Waals surface area (Å²) in [5, 5.41) is 3.18. The second kappa shape index (κ2) is 4.96. The number of halogens is 1. The lowest BCUT2D eigenvalue weighted by Gasteiger charge is -2.09. The van der Waals surface area contributed by atoms with Crippen molar-refractivity contribution in [1.29, 1.82) is 0 Å². The van der Waals surface area contributed by atoms with Crippen LogP contribution in [0, 0.1) is 5.92 Å². The van der Waals surface area contributed by atoms with Crippen LogP contribution in [0.25, 0.3) is 0 Å². The van der Waals surface area contributed by atoms with Gasteiger partial charge in [-0.1, -0.05) is 25.4 Å². The monoisotopic (exact) mass is 212 g/mol. The molecule has 0 aromatic carbocycles. The van der Waals surface area contributed by atoms with E-state index in [0.717, 1.165) is 6.42 Å². The Morgan fingerprint density at radius 1 is 1.64 bits per heavy atom. The minimum atomic E-state index is 0.0108. The Balaban J connectivity index is 2.60. The second-order valence-corrected chi connectivity index (χ2v) is 3.56. The molecule has 1 aromatic rings. The van der Waals surface area contributed by atoms with E-state index in [4.69, 9.17) is 11.6 Å². The maximum Gasteiger partial charge on any atom is 0.227 e. The highest BCUT2D eigenvalue weighted by molar-refractivity contribution is 6.29. The van der Waals surface area contributed by atoms with Crippen molar-refractivity contribution >= 4 is 23.2 Å². The van der Waals surface area contributed by atoms with E-state index in [1.807, 2.05) is 13.8 Å². The number of carbonyl (C=O) groups excluding carboxylic acids is 1. The van der Waals surface area contributed by atoms with Gasteiger partial charge in [-0.05, 0) is 18.6 Å². The zero-order valence-electron chi connectivity index (χ0n) is 8.25. The molecule has 0 aliphatic rings. The number of pyridine rings is 1. The Labute approximate surface area is 88.5 Å². The number of rotatable bonds is 3. The molecular weight excluding hydrogens is 200 g/mol. The average Bonchev–Trinajstić information content (AvgIpc) is 2.20. The van der Waals surface area contributed by atoms with Crippen molar-refractivity contribution < 1.29 is 4.79 Å². The molecular formula is C10H13ClN2O. The fourth-order valence-electron chi connectivity index (χ4n) is 0.901. The smallest absolute Gasteiger partial charge is 0.227 e. The van der Waals surface area contributed by atoms with E-state index >= 15 is 0 Å². The summed E-state index contributed by atoms with van der Waals surface area (Å²) in [6.45, 7) is 3.86. The topological polar surface area (TPSA) is 42.0 Å². The van der Waals surface area contributed by atoms with Gasteiger partial charge in [0.15, 0.2) is 0 Å². The number of carbonyl (C=O) groups is 1. The summed E-state index contributed by atoms with van der Waals surface area (Å²) in [4.78, 5) is 15.3. The molecule has 76 valence electrons. The molecule has 0 saturated carbocycles. The highest BCUT2D eigenvalue weighted by Gasteiger charge is 2.10. The molecule has 0 spiro atoms. The van der Waals surface area contributed by atoms with Crippen molar-refractivity contribution in [3.63, 3.8) is 0 Å². The normalized spacial score (nSPS) is 12.2. The van der Waals surface area contributed by atoms with Crippen LogP contribution in [0.4, 0.5) is 5.69 Å². The second-order valence-electron chi connectivity index (χ2n) is 3.17. The van der Waals surface area contributed by atoms with Crippen LogP contribution >= 0.6 is 11.6 Å². The van der Waals surface area contributed by atoms with Gasteiger partial charge >= 0.3 is 0 Å². The summed E-state index contributed by atoms with van der Waals surface area (Å²) in [6.07, 6.45) is 2.37. The number of amides is 1. The number of hydrogen-bond acceptors (Lipinski definition) is 2. The minimum Gasteiger partial charge on any atom is -0.324 e. The lowest BCUT2D eigenvalue weighted by Crippen LogP contribution is -2.19. The molecule has 1 aromatic heterocycles. The van der Waals surface area contributed by atoms with Crippen LogP contribution in [-0.4, -0.2) is 10.9 Å². The molecule has 1 rings (SSSR count). The Hall–Kier alpha value is -1.09. The molecule has 14 heavy (non-hydrogen) atoms. The molecule has 4 heteroatoms. The summed E-state index contributed by atoms with van der Waals surface area (Å²) in [5.41, 5.74) is 0.680. The molecule has 1 unspecified atom stereocenters. The van der Waals surface area contributed by atoms with Crippen molar-refractivity contribution in [2.75, 3.05) is 5.32 Å². The van der Waals surface area contributed by atoms with E-state index in [0.29, 0.717) is 10.8 Å². The summed E-state index contributed by atoms with van der Waals surface area (Å²) < 4.78 is 0. The number of hydrogen-bond donors (Lipinski definition) is 1. The maximum absolute atomic E-state index is 11.5. The third kappa shape index (κ3) is 3.00. The summed E-state index contributed by atoms with van der Waals surface area (Å²) >= 11 is 5.61. The van der Waals surface area contributed by atoms with Gasteiger partial charge in [0.05, 0.1) is 11.9 Å². The molecule has 1 amide bonds. The SMILES string of the molecule is CCC(C)C(=O)Nc1ccc(Cl)nc1. The van der Waals surface area contributed by atoms with Crippen molar-refractivity contribution in [2.45, 2.75) is 20.3 Å². The van der Waals surface area contributed by atoms with Crippen LogP contribution in [-0.2, 0) is 4.79 Å². The van der Waals surface area contributed by atoms with Crippen LogP contribution < -0.4 is 5.32 Å². The first-order valence-electron chi connectivity index (χ1n) is 4.56. The molecule has 1 N–H and O–H groups in total. The molecule has 1 heterocycles. The van der Waals surface area contributed by atoms with E-state index in [1.165, 1.54) is 0 Å². The quantitative estimate of drug-likeness (QED) is 0.783. The van der Waals surface area contributed by atoms with Gasteiger partial charge in [0, 0.05) is 5.92 Å². The Bertz CT molecular complexity index is 310. The molecule has 3 nitrogen and oxygen atoms in total. The average molecular weight is 213 g/mol. The zero-order valence-corrected chi connectivity index (χ0v) is 9.01. The first-order valence-corrected chi connectivity index (χ1v) is 4.93. The predicted octanol–water partition coefficient (Wildman–Crippen LogP) is 2.72. The maximum atomic E-state index is 11.5. The van der Waals surface area contributed by atoms with E-state index in [1.54, 1.807) is 18.3 Å². The van der Waals surface area contributed by atoms with Crippen LogP contribution in [0.3, 0.4) is 0 Å². The zero-order chi connectivity index (χ0) is 10.6. The Kier molecular flexibility index (Phi) is 3.89. The van der Waals surface area contributed by atoms with Crippen LogP contribution in [0.5, 0.6) is 0 Å². The number of nitrogens with one attached hydrogen (secondary N) is 1. The fraction of sp³-hybridized carbons (Fsp3) is 0.400. The third-order valence-corrected chi connectivity index (χ3v) is 2.28. The van der Waals surface area contributed by atoms with Gasteiger partial charge in [-0.25, -0.2) is 4.98 Å². The molecule has 1 atom stereocenters. The molecule has 0 aliphatic carbocycles. The van der Waals surface area contributed by atoms with Crippen LogP contribution in [0.2, 0.25) is 5.15 Å². The predicted molar refractivity (Wildman–Crippen MR) is 57.3 cm³/mol. The summed E-state index contributed by atoms with van der Waals surface area (Å²) in [7, 11) is 0. The molecule has 0 bridgehead atoms. The summed E-state index contributed by atoms with van der Waals surface area (Å²) in [6, 6.07) is 3.38. The van der Waals surface area contributed by atoms with Crippen molar-refractivity contribution in [1.82, 2.24) is 4.98 Å². The van der Waals surface area contributed by atoms with Gasteiger partial charge in [-0.3, -0.25) is 4.79 Å². The van der Waals surface area contributed by atoms with E-state index in [9.17, 15) is 4.79 Å².